The van der Waals surface area contributed by atoms with Gasteiger partial charge in [-0.2, -0.15) is 0 Å². The van der Waals surface area contributed by atoms with Crippen molar-refractivity contribution in [2.75, 3.05) is 31.7 Å². The molecule has 0 radical (unpaired) electrons. The number of rotatable bonds is 5. The van der Waals surface area contributed by atoms with Crippen LogP contribution in [-0.2, 0) is 0 Å². The molecule has 20 heavy (non-hydrogen) atoms. The molecule has 0 fully saturated rings. The Labute approximate surface area is 122 Å². The summed E-state index contributed by atoms with van der Waals surface area (Å²) in [6.45, 7) is 2.11. The van der Waals surface area contributed by atoms with Crippen molar-refractivity contribution in [3.63, 3.8) is 0 Å². The van der Waals surface area contributed by atoms with Crippen LogP contribution in [0.4, 0.5) is 5.82 Å². The van der Waals surface area contributed by atoms with Crippen LogP contribution >= 0.6 is 11.6 Å². The molecular formula is C14H18ClN3O2. The average molecular weight is 296 g/mol. The number of anilines is 1. The number of hydrogen-bond acceptors (Lipinski definition) is 5. The lowest BCUT2D eigenvalue weighted by Gasteiger charge is -2.31. The van der Waals surface area contributed by atoms with Crippen LogP contribution in [0.2, 0.25) is 5.02 Å². The van der Waals surface area contributed by atoms with Crippen LogP contribution in [0.1, 0.15) is 6.92 Å². The molecule has 5 nitrogen and oxygen atoms in total. The Balaban J connectivity index is 2.37. The van der Waals surface area contributed by atoms with E-state index >= 15 is 0 Å². The van der Waals surface area contributed by atoms with Crippen molar-refractivity contribution < 1.29 is 10.2 Å². The smallest absolute Gasteiger partial charge is 0.139 e. The molecule has 0 amide bonds. The molecular weight excluding hydrogens is 278 g/mol. The van der Waals surface area contributed by atoms with Crippen molar-refractivity contribution >= 4 is 28.3 Å². The van der Waals surface area contributed by atoms with Crippen LogP contribution in [0, 0.1) is 5.41 Å². The highest BCUT2D eigenvalue weighted by Crippen LogP contribution is 2.27. The molecule has 0 aliphatic rings. The maximum Gasteiger partial charge on any atom is 0.139 e. The van der Waals surface area contributed by atoms with Crippen LogP contribution in [0.15, 0.2) is 24.5 Å². The minimum atomic E-state index is -0.585. The molecule has 0 aliphatic carbocycles. The topological polar surface area (TPSA) is 69.5 Å². The maximum atomic E-state index is 9.39. The number of aromatic nitrogens is 2. The summed E-state index contributed by atoms with van der Waals surface area (Å²) in [5.41, 5.74) is 0.183. The summed E-state index contributed by atoms with van der Waals surface area (Å²) in [6.07, 6.45) is 1.49. The molecule has 6 heteroatoms. The Morgan fingerprint density at radius 3 is 2.60 bits per heavy atom. The van der Waals surface area contributed by atoms with Gasteiger partial charge in [0.25, 0.3) is 0 Å². The zero-order valence-electron chi connectivity index (χ0n) is 11.5. The van der Waals surface area contributed by atoms with Gasteiger partial charge in [0.1, 0.15) is 12.1 Å². The van der Waals surface area contributed by atoms with E-state index in [2.05, 4.69) is 9.97 Å². The number of aliphatic hydroxyl groups excluding tert-OH is 2. The quantitative estimate of drug-likeness (QED) is 0.879. The highest BCUT2D eigenvalue weighted by molar-refractivity contribution is 6.31. The SMILES string of the molecule is CN(CC(C)(CO)CO)c1ncnc2cc(Cl)ccc12. The second-order valence-corrected chi connectivity index (χ2v) is 5.78. The largest absolute Gasteiger partial charge is 0.396 e. The number of fused-ring (bicyclic) bond motifs is 1. The standard InChI is InChI=1S/C14H18ClN3O2/c1-14(7-19,8-20)6-18(2)13-11-4-3-10(15)5-12(11)16-9-17-13/h3-5,9,19-20H,6-8H2,1-2H3. The van der Waals surface area contributed by atoms with Crippen molar-refractivity contribution in [2.45, 2.75) is 6.92 Å². The first kappa shape index (κ1) is 15.0. The second kappa shape index (κ2) is 5.91. The van der Waals surface area contributed by atoms with Gasteiger partial charge >= 0.3 is 0 Å². The molecule has 1 aromatic carbocycles. The molecule has 2 N–H and O–H groups in total. The van der Waals surface area contributed by atoms with Crippen molar-refractivity contribution in [2.24, 2.45) is 5.41 Å². The normalized spacial score (nSPS) is 11.8. The molecule has 0 unspecified atom stereocenters. The first-order chi connectivity index (χ1) is 9.49. The van der Waals surface area contributed by atoms with Gasteiger partial charge in [-0.05, 0) is 18.2 Å². The monoisotopic (exact) mass is 295 g/mol. The van der Waals surface area contributed by atoms with E-state index in [0.717, 1.165) is 16.7 Å². The molecule has 0 saturated carbocycles. The van der Waals surface area contributed by atoms with Crippen LogP contribution < -0.4 is 4.90 Å². The predicted molar refractivity (Wildman–Crippen MR) is 80.1 cm³/mol. The summed E-state index contributed by atoms with van der Waals surface area (Å²) in [4.78, 5) is 10.4. The van der Waals surface area contributed by atoms with Gasteiger partial charge in [0.05, 0.1) is 18.7 Å². The van der Waals surface area contributed by atoms with Gasteiger partial charge in [-0.15, -0.1) is 0 Å². The third-order valence-electron chi connectivity index (χ3n) is 3.32. The number of hydrogen-bond donors (Lipinski definition) is 2. The molecule has 2 aromatic rings. The lowest BCUT2D eigenvalue weighted by Crippen LogP contribution is -2.39. The first-order valence-corrected chi connectivity index (χ1v) is 6.70. The Morgan fingerprint density at radius 2 is 1.95 bits per heavy atom. The van der Waals surface area contributed by atoms with Gasteiger partial charge in [-0.3, -0.25) is 0 Å². The van der Waals surface area contributed by atoms with E-state index in [0.29, 0.717) is 11.6 Å². The molecule has 1 heterocycles. The Morgan fingerprint density at radius 1 is 1.25 bits per heavy atom. The van der Waals surface area contributed by atoms with E-state index in [-0.39, 0.29) is 13.2 Å². The van der Waals surface area contributed by atoms with Crippen molar-refractivity contribution in [1.29, 1.82) is 0 Å². The van der Waals surface area contributed by atoms with Crippen molar-refractivity contribution in [1.82, 2.24) is 9.97 Å². The fourth-order valence-corrected chi connectivity index (χ4v) is 2.28. The van der Waals surface area contributed by atoms with E-state index in [1.807, 2.05) is 24.9 Å². The summed E-state index contributed by atoms with van der Waals surface area (Å²) in [5, 5.41) is 20.3. The molecule has 0 aliphatic heterocycles. The zero-order chi connectivity index (χ0) is 14.8. The van der Waals surface area contributed by atoms with Crippen LogP contribution in [0.25, 0.3) is 10.9 Å². The third kappa shape index (κ3) is 3.00. The van der Waals surface area contributed by atoms with E-state index in [1.54, 1.807) is 12.1 Å². The molecule has 2 rings (SSSR count). The average Bonchev–Trinajstić information content (AvgIpc) is 2.46. The van der Waals surface area contributed by atoms with Gasteiger partial charge in [-0.25, -0.2) is 9.97 Å². The van der Waals surface area contributed by atoms with Gasteiger partial charge in [0, 0.05) is 29.4 Å². The van der Waals surface area contributed by atoms with Crippen LogP contribution in [-0.4, -0.2) is 47.0 Å². The van der Waals surface area contributed by atoms with E-state index in [4.69, 9.17) is 11.6 Å². The Hall–Kier alpha value is -1.43. The molecule has 1 aromatic heterocycles. The number of benzene rings is 1. The molecule has 0 saturated heterocycles. The molecule has 0 bridgehead atoms. The van der Waals surface area contributed by atoms with Crippen molar-refractivity contribution in [3.8, 4) is 0 Å². The first-order valence-electron chi connectivity index (χ1n) is 6.32. The molecule has 108 valence electrons. The highest BCUT2D eigenvalue weighted by atomic mass is 35.5. The van der Waals surface area contributed by atoms with Gasteiger partial charge in [0.2, 0.25) is 0 Å². The number of aliphatic hydroxyl groups is 2. The molecule has 0 spiro atoms. The van der Waals surface area contributed by atoms with Crippen LogP contribution in [0.5, 0.6) is 0 Å². The summed E-state index contributed by atoms with van der Waals surface area (Å²) in [7, 11) is 1.87. The number of nitrogens with zero attached hydrogens (tertiary/aromatic N) is 3. The Kier molecular flexibility index (Phi) is 4.42. The lowest BCUT2D eigenvalue weighted by molar-refractivity contribution is 0.0762. The summed E-state index contributed by atoms with van der Waals surface area (Å²) in [6, 6.07) is 5.45. The number of halogens is 1. The fourth-order valence-electron chi connectivity index (χ4n) is 2.12. The summed E-state index contributed by atoms with van der Waals surface area (Å²) >= 11 is 5.96. The maximum absolute atomic E-state index is 9.39. The molecule has 0 atom stereocenters. The highest BCUT2D eigenvalue weighted by Gasteiger charge is 2.25. The van der Waals surface area contributed by atoms with E-state index in [1.165, 1.54) is 6.33 Å². The minimum absolute atomic E-state index is 0.0946. The minimum Gasteiger partial charge on any atom is -0.396 e. The van der Waals surface area contributed by atoms with Gasteiger partial charge < -0.3 is 15.1 Å². The summed E-state index contributed by atoms with van der Waals surface area (Å²) < 4.78 is 0. The van der Waals surface area contributed by atoms with Crippen LogP contribution in [0.3, 0.4) is 0 Å². The van der Waals surface area contributed by atoms with E-state index in [9.17, 15) is 10.2 Å². The second-order valence-electron chi connectivity index (χ2n) is 5.34. The zero-order valence-corrected chi connectivity index (χ0v) is 12.3. The fraction of sp³-hybridized carbons (Fsp3) is 0.429. The lowest BCUT2D eigenvalue weighted by atomic mass is 9.92. The van der Waals surface area contributed by atoms with Gasteiger partial charge in [-0.1, -0.05) is 18.5 Å². The third-order valence-corrected chi connectivity index (χ3v) is 3.56. The summed E-state index contributed by atoms with van der Waals surface area (Å²) in [5.74, 6) is 0.750. The Bertz CT molecular complexity index is 602. The van der Waals surface area contributed by atoms with E-state index < -0.39 is 5.41 Å². The van der Waals surface area contributed by atoms with Crippen molar-refractivity contribution in [3.05, 3.63) is 29.5 Å². The predicted octanol–water partition coefficient (Wildman–Crippen LogP) is 1.71. The van der Waals surface area contributed by atoms with Gasteiger partial charge in [0.15, 0.2) is 0 Å².